The second-order valence-electron chi connectivity index (χ2n) is 7.55. The lowest BCUT2D eigenvalue weighted by Crippen LogP contribution is -2.36. The minimum Gasteiger partial charge on any atom is -0.429 e. The third-order valence-electron chi connectivity index (χ3n) is 5.16. The second kappa shape index (κ2) is 9.03. The van der Waals surface area contributed by atoms with Gasteiger partial charge in [-0.1, -0.05) is 33.3 Å². The number of hydrogen-bond acceptors (Lipinski definition) is 6. The average Bonchev–Trinajstić information content (AvgIpc) is 2.57. The standard InChI is InChI=1S/C20H28O6/c1-12(2)17-9-6-13(3)10-18(17)23-20(22)25-26-24-19(21)16-8-7-14(4)15(5)11-16/h7-8,11-13,17-18H,6,9-10H2,1-5H3. The van der Waals surface area contributed by atoms with Crippen LogP contribution >= 0.6 is 0 Å². The molecule has 6 nitrogen and oxygen atoms in total. The molecule has 0 aromatic heterocycles. The zero-order valence-corrected chi connectivity index (χ0v) is 16.1. The van der Waals surface area contributed by atoms with Crippen LogP contribution in [0.25, 0.3) is 0 Å². The predicted molar refractivity (Wildman–Crippen MR) is 95.1 cm³/mol. The van der Waals surface area contributed by atoms with Crippen molar-refractivity contribution in [3.05, 3.63) is 34.9 Å². The van der Waals surface area contributed by atoms with Crippen LogP contribution in [0.2, 0.25) is 0 Å². The Hall–Kier alpha value is -2.08. The van der Waals surface area contributed by atoms with E-state index in [-0.39, 0.29) is 12.0 Å². The molecule has 0 amide bonds. The maximum atomic E-state index is 11.9. The SMILES string of the molecule is Cc1ccc(C(=O)OOOC(=O)OC2CC(C)CCC2C(C)C)cc1C. The summed E-state index contributed by atoms with van der Waals surface area (Å²) in [5.41, 5.74) is 2.32. The Balaban J connectivity index is 1.80. The van der Waals surface area contributed by atoms with Crippen molar-refractivity contribution in [2.24, 2.45) is 17.8 Å². The Kier molecular flexibility index (Phi) is 7.03. The van der Waals surface area contributed by atoms with Crippen molar-refractivity contribution >= 4 is 12.1 Å². The topological polar surface area (TPSA) is 71.1 Å². The molecule has 0 saturated heterocycles. The second-order valence-corrected chi connectivity index (χ2v) is 7.55. The van der Waals surface area contributed by atoms with E-state index in [1.165, 1.54) is 0 Å². The fourth-order valence-electron chi connectivity index (χ4n) is 3.39. The normalized spacial score (nSPS) is 22.8. The molecule has 0 heterocycles. The van der Waals surface area contributed by atoms with Gasteiger partial charge in [-0.3, -0.25) is 4.89 Å². The van der Waals surface area contributed by atoms with E-state index in [9.17, 15) is 9.59 Å². The van der Waals surface area contributed by atoms with Crippen molar-refractivity contribution in [1.82, 2.24) is 0 Å². The summed E-state index contributed by atoms with van der Waals surface area (Å²) >= 11 is 0. The van der Waals surface area contributed by atoms with Crippen molar-refractivity contribution in [3.63, 3.8) is 0 Å². The third kappa shape index (κ3) is 5.46. The van der Waals surface area contributed by atoms with E-state index in [4.69, 9.17) is 4.74 Å². The van der Waals surface area contributed by atoms with Crippen LogP contribution in [0.5, 0.6) is 0 Å². The number of benzene rings is 1. The Labute approximate surface area is 154 Å². The first-order valence-corrected chi connectivity index (χ1v) is 9.11. The van der Waals surface area contributed by atoms with Gasteiger partial charge in [0.2, 0.25) is 0 Å². The summed E-state index contributed by atoms with van der Waals surface area (Å²) in [6.07, 6.45) is 1.72. The van der Waals surface area contributed by atoms with Crippen LogP contribution < -0.4 is 0 Å². The largest absolute Gasteiger partial charge is 0.543 e. The lowest BCUT2D eigenvalue weighted by molar-refractivity contribution is -0.453. The van der Waals surface area contributed by atoms with Crippen LogP contribution in [0.4, 0.5) is 4.79 Å². The monoisotopic (exact) mass is 364 g/mol. The van der Waals surface area contributed by atoms with E-state index in [2.05, 4.69) is 35.6 Å². The first-order valence-electron chi connectivity index (χ1n) is 9.11. The number of carbonyl (C=O) groups is 2. The first-order chi connectivity index (χ1) is 12.3. The van der Waals surface area contributed by atoms with Crippen molar-refractivity contribution in [1.29, 1.82) is 0 Å². The lowest BCUT2D eigenvalue weighted by atomic mass is 9.75. The summed E-state index contributed by atoms with van der Waals surface area (Å²) in [6, 6.07) is 5.09. The van der Waals surface area contributed by atoms with Gasteiger partial charge in [0, 0.05) is 0 Å². The van der Waals surface area contributed by atoms with Crippen molar-refractivity contribution < 1.29 is 29.1 Å². The maximum Gasteiger partial charge on any atom is 0.543 e. The molecule has 0 spiro atoms. The minimum atomic E-state index is -0.998. The van der Waals surface area contributed by atoms with E-state index >= 15 is 0 Å². The maximum absolute atomic E-state index is 11.9. The highest BCUT2D eigenvalue weighted by molar-refractivity contribution is 5.89. The molecule has 1 aliphatic carbocycles. The Bertz CT molecular complexity index is 639. The molecular weight excluding hydrogens is 336 g/mol. The van der Waals surface area contributed by atoms with Gasteiger partial charge in [0.05, 0.1) is 10.6 Å². The van der Waals surface area contributed by atoms with E-state index in [0.717, 1.165) is 30.4 Å². The van der Waals surface area contributed by atoms with Gasteiger partial charge >= 0.3 is 12.1 Å². The summed E-state index contributed by atoms with van der Waals surface area (Å²) in [6.45, 7) is 10.2. The van der Waals surface area contributed by atoms with Gasteiger partial charge in [0.25, 0.3) is 0 Å². The number of ether oxygens (including phenoxy) is 1. The molecule has 1 aromatic rings. The van der Waals surface area contributed by atoms with Crippen LogP contribution in [0.3, 0.4) is 0 Å². The van der Waals surface area contributed by atoms with Crippen molar-refractivity contribution in [3.8, 4) is 0 Å². The molecule has 1 saturated carbocycles. The fraction of sp³-hybridized carbons (Fsp3) is 0.600. The molecule has 2 rings (SSSR count). The van der Waals surface area contributed by atoms with Gasteiger partial charge in [-0.05, 0) is 67.7 Å². The molecule has 26 heavy (non-hydrogen) atoms. The zero-order valence-electron chi connectivity index (χ0n) is 16.1. The molecule has 0 N–H and O–H groups in total. The molecule has 3 unspecified atom stereocenters. The predicted octanol–water partition coefficient (Wildman–Crippen LogP) is 4.92. The van der Waals surface area contributed by atoms with Gasteiger partial charge < -0.3 is 4.74 Å². The van der Waals surface area contributed by atoms with Crippen LogP contribution in [-0.2, 0) is 19.6 Å². The van der Waals surface area contributed by atoms with Crippen LogP contribution in [-0.4, -0.2) is 18.2 Å². The van der Waals surface area contributed by atoms with Crippen LogP contribution in [0.1, 0.15) is 61.5 Å². The molecule has 1 aliphatic rings. The molecule has 1 aromatic carbocycles. The molecule has 1 fully saturated rings. The summed E-state index contributed by atoms with van der Waals surface area (Å²) in [5, 5.41) is 4.32. The van der Waals surface area contributed by atoms with Crippen LogP contribution in [0, 0.1) is 31.6 Å². The van der Waals surface area contributed by atoms with Crippen molar-refractivity contribution in [2.75, 3.05) is 0 Å². The average molecular weight is 364 g/mol. The molecule has 0 bridgehead atoms. The summed E-state index contributed by atoms with van der Waals surface area (Å²) in [4.78, 5) is 32.7. The highest BCUT2D eigenvalue weighted by Crippen LogP contribution is 2.35. The number of aryl methyl sites for hydroxylation is 2. The number of rotatable bonds is 5. The van der Waals surface area contributed by atoms with Gasteiger partial charge in [0.15, 0.2) is 0 Å². The van der Waals surface area contributed by atoms with Gasteiger partial charge in [-0.2, -0.15) is 0 Å². The first kappa shape index (κ1) is 20.2. The third-order valence-corrected chi connectivity index (χ3v) is 5.16. The Morgan fingerprint density at radius 3 is 2.46 bits per heavy atom. The van der Waals surface area contributed by atoms with E-state index < -0.39 is 12.1 Å². The molecule has 3 atom stereocenters. The van der Waals surface area contributed by atoms with E-state index in [1.54, 1.807) is 18.2 Å². The fourth-order valence-corrected chi connectivity index (χ4v) is 3.39. The number of hydrogen-bond donors (Lipinski definition) is 0. The summed E-state index contributed by atoms with van der Waals surface area (Å²) in [7, 11) is 0. The highest BCUT2D eigenvalue weighted by Gasteiger charge is 2.34. The highest BCUT2D eigenvalue weighted by atomic mass is 17.5. The Morgan fingerprint density at radius 2 is 1.81 bits per heavy atom. The van der Waals surface area contributed by atoms with Gasteiger partial charge in [0.1, 0.15) is 6.10 Å². The Morgan fingerprint density at radius 1 is 1.08 bits per heavy atom. The molecule has 0 aliphatic heterocycles. The molecule has 6 heteroatoms. The lowest BCUT2D eigenvalue weighted by Gasteiger charge is -2.36. The van der Waals surface area contributed by atoms with Crippen LogP contribution in [0.15, 0.2) is 18.2 Å². The van der Waals surface area contributed by atoms with Gasteiger partial charge in [-0.15, -0.1) is 0 Å². The van der Waals surface area contributed by atoms with E-state index in [0.29, 0.717) is 17.4 Å². The smallest absolute Gasteiger partial charge is 0.429 e. The molecule has 144 valence electrons. The number of carbonyl (C=O) groups excluding carboxylic acids is 2. The molecular formula is C20H28O6. The van der Waals surface area contributed by atoms with Crippen molar-refractivity contribution in [2.45, 2.75) is 60.0 Å². The summed E-state index contributed by atoms with van der Waals surface area (Å²) < 4.78 is 5.38. The van der Waals surface area contributed by atoms with E-state index in [1.807, 2.05) is 13.8 Å². The van der Waals surface area contributed by atoms with Gasteiger partial charge in [-0.25, -0.2) is 14.5 Å². The summed E-state index contributed by atoms with van der Waals surface area (Å²) in [5.74, 6) is 0.444. The molecule has 0 radical (unpaired) electrons. The zero-order chi connectivity index (χ0) is 19.3. The minimum absolute atomic E-state index is 0.217. The quantitative estimate of drug-likeness (QED) is 0.419.